The number of nitrogens with one attached hydrogen (secondary N) is 1. The quantitative estimate of drug-likeness (QED) is 0.825. The number of amides is 2. The fourth-order valence-corrected chi connectivity index (χ4v) is 3.15. The molecule has 0 aromatic heterocycles. The van der Waals surface area contributed by atoms with E-state index in [2.05, 4.69) is 5.32 Å². The number of hydrogen-bond donors (Lipinski definition) is 1. The molecule has 0 fully saturated rings. The first-order chi connectivity index (χ1) is 13.0. The maximum atomic E-state index is 12.8. The highest BCUT2D eigenvalue weighted by Crippen LogP contribution is 2.31. The molecule has 27 heavy (non-hydrogen) atoms. The highest BCUT2D eigenvalue weighted by molar-refractivity contribution is 6.30. The van der Waals surface area contributed by atoms with Gasteiger partial charge in [-0.3, -0.25) is 9.59 Å². The molecular weight excluding hydrogens is 368 g/mol. The molecule has 1 atom stereocenters. The molecule has 0 aliphatic carbocycles. The number of fused-ring (bicyclic) bond motifs is 1. The van der Waals surface area contributed by atoms with Gasteiger partial charge in [-0.1, -0.05) is 11.6 Å². The predicted molar refractivity (Wildman–Crippen MR) is 103 cm³/mol. The van der Waals surface area contributed by atoms with E-state index in [1.54, 1.807) is 49.6 Å². The second-order valence-corrected chi connectivity index (χ2v) is 6.63. The summed E-state index contributed by atoms with van der Waals surface area (Å²) in [6.07, 6.45) is -0.182. The van der Waals surface area contributed by atoms with Crippen LogP contribution in [0.25, 0.3) is 0 Å². The van der Waals surface area contributed by atoms with Crippen molar-refractivity contribution in [3.05, 3.63) is 53.1 Å². The SMILES string of the molecule is CCN(CC(=O)Nc1ccc(OC)cc1)C(=O)C1Cc2cc(Cl)ccc2O1. The molecule has 3 rings (SSSR count). The van der Waals surface area contributed by atoms with E-state index in [0.29, 0.717) is 35.2 Å². The summed E-state index contributed by atoms with van der Waals surface area (Å²) in [5.41, 5.74) is 1.54. The highest BCUT2D eigenvalue weighted by atomic mass is 35.5. The Kier molecular flexibility index (Phi) is 5.86. The molecular formula is C20H21ClN2O4. The fourth-order valence-electron chi connectivity index (χ4n) is 2.95. The van der Waals surface area contributed by atoms with Crippen LogP contribution in [-0.4, -0.2) is 43.0 Å². The molecule has 142 valence electrons. The van der Waals surface area contributed by atoms with E-state index in [-0.39, 0.29) is 18.4 Å². The first kappa shape index (κ1) is 19.0. The Morgan fingerprint density at radius 3 is 2.67 bits per heavy atom. The summed E-state index contributed by atoms with van der Waals surface area (Å²) in [6, 6.07) is 12.3. The van der Waals surface area contributed by atoms with E-state index in [4.69, 9.17) is 21.1 Å². The summed E-state index contributed by atoms with van der Waals surface area (Å²) in [6.45, 7) is 2.20. The molecule has 7 heteroatoms. The number of benzene rings is 2. The van der Waals surface area contributed by atoms with Crippen molar-refractivity contribution in [2.24, 2.45) is 0 Å². The van der Waals surface area contributed by atoms with Crippen LogP contribution in [0, 0.1) is 0 Å². The Hall–Kier alpha value is -2.73. The lowest BCUT2D eigenvalue weighted by Gasteiger charge is -2.23. The number of nitrogens with zero attached hydrogens (tertiary/aromatic N) is 1. The van der Waals surface area contributed by atoms with Crippen molar-refractivity contribution >= 4 is 29.1 Å². The topological polar surface area (TPSA) is 67.9 Å². The normalized spacial score (nSPS) is 14.9. The van der Waals surface area contributed by atoms with Gasteiger partial charge >= 0.3 is 0 Å². The van der Waals surface area contributed by atoms with Gasteiger partial charge in [0.25, 0.3) is 5.91 Å². The lowest BCUT2D eigenvalue weighted by atomic mass is 10.1. The number of anilines is 1. The molecule has 1 unspecified atom stereocenters. The second kappa shape index (κ2) is 8.31. The monoisotopic (exact) mass is 388 g/mol. The molecule has 2 aromatic rings. The van der Waals surface area contributed by atoms with Crippen LogP contribution in [0.2, 0.25) is 5.02 Å². The van der Waals surface area contributed by atoms with Crippen LogP contribution < -0.4 is 14.8 Å². The number of carbonyl (C=O) groups excluding carboxylic acids is 2. The van der Waals surface area contributed by atoms with Crippen LogP contribution in [0.4, 0.5) is 5.69 Å². The van der Waals surface area contributed by atoms with E-state index in [1.807, 2.05) is 6.92 Å². The summed E-state index contributed by atoms with van der Waals surface area (Å²) < 4.78 is 10.8. The largest absolute Gasteiger partial charge is 0.497 e. The third kappa shape index (κ3) is 4.52. The molecule has 2 amide bonds. The third-order valence-corrected chi connectivity index (χ3v) is 4.61. The highest BCUT2D eigenvalue weighted by Gasteiger charge is 2.32. The minimum atomic E-state index is -0.632. The van der Waals surface area contributed by atoms with E-state index >= 15 is 0 Å². The van der Waals surface area contributed by atoms with E-state index < -0.39 is 6.10 Å². The number of rotatable bonds is 6. The Labute approximate surface area is 163 Å². The van der Waals surface area contributed by atoms with Gasteiger partial charge in [0.05, 0.1) is 13.7 Å². The van der Waals surface area contributed by atoms with Gasteiger partial charge in [0.2, 0.25) is 5.91 Å². The molecule has 0 saturated heterocycles. The van der Waals surface area contributed by atoms with Crippen LogP contribution in [0.5, 0.6) is 11.5 Å². The van der Waals surface area contributed by atoms with Crippen LogP contribution in [0.3, 0.4) is 0 Å². The van der Waals surface area contributed by atoms with Crippen LogP contribution in [0.15, 0.2) is 42.5 Å². The van der Waals surface area contributed by atoms with Crippen LogP contribution in [0.1, 0.15) is 12.5 Å². The number of carbonyl (C=O) groups is 2. The Balaban J connectivity index is 1.59. The summed E-state index contributed by atoms with van der Waals surface area (Å²) in [7, 11) is 1.58. The van der Waals surface area contributed by atoms with Crippen LogP contribution in [-0.2, 0) is 16.0 Å². The number of methoxy groups -OCH3 is 1. The van der Waals surface area contributed by atoms with Gasteiger partial charge in [-0.25, -0.2) is 0 Å². The van der Waals surface area contributed by atoms with Crippen molar-refractivity contribution in [2.75, 3.05) is 25.5 Å². The smallest absolute Gasteiger partial charge is 0.264 e. The van der Waals surface area contributed by atoms with Crippen molar-refractivity contribution in [2.45, 2.75) is 19.4 Å². The van der Waals surface area contributed by atoms with Gasteiger partial charge in [0, 0.05) is 23.7 Å². The lowest BCUT2D eigenvalue weighted by Crippen LogP contribution is -2.44. The molecule has 1 aliphatic heterocycles. The molecule has 0 bridgehead atoms. The molecule has 6 nitrogen and oxygen atoms in total. The Bertz CT molecular complexity index is 838. The third-order valence-electron chi connectivity index (χ3n) is 4.37. The molecule has 0 saturated carbocycles. The zero-order valence-corrected chi connectivity index (χ0v) is 16.0. The average Bonchev–Trinajstić information content (AvgIpc) is 3.09. The zero-order chi connectivity index (χ0) is 19.4. The number of halogens is 1. The zero-order valence-electron chi connectivity index (χ0n) is 15.2. The van der Waals surface area contributed by atoms with Gasteiger partial charge in [0.1, 0.15) is 11.5 Å². The molecule has 0 radical (unpaired) electrons. The molecule has 1 aliphatic rings. The van der Waals surface area contributed by atoms with Gasteiger partial charge in [-0.15, -0.1) is 0 Å². The predicted octanol–water partition coefficient (Wildman–Crippen LogP) is 3.14. The maximum Gasteiger partial charge on any atom is 0.264 e. The van der Waals surface area contributed by atoms with Crippen molar-refractivity contribution in [3.63, 3.8) is 0 Å². The molecule has 0 spiro atoms. The van der Waals surface area contributed by atoms with Gasteiger partial charge < -0.3 is 19.7 Å². The molecule has 1 N–H and O–H groups in total. The van der Waals surface area contributed by atoms with Crippen molar-refractivity contribution in [1.82, 2.24) is 4.90 Å². The van der Waals surface area contributed by atoms with Crippen molar-refractivity contribution < 1.29 is 19.1 Å². The molecule has 2 aromatic carbocycles. The van der Waals surface area contributed by atoms with E-state index in [0.717, 1.165) is 5.56 Å². The standard InChI is InChI=1S/C20H21ClN2O4/c1-3-23(12-19(24)22-15-5-7-16(26-2)8-6-15)20(25)18-11-13-10-14(21)4-9-17(13)27-18/h4-10,18H,3,11-12H2,1-2H3,(H,22,24). The van der Waals surface area contributed by atoms with Gasteiger partial charge in [0.15, 0.2) is 6.10 Å². The summed E-state index contributed by atoms with van der Waals surface area (Å²) >= 11 is 5.99. The maximum absolute atomic E-state index is 12.8. The fraction of sp³-hybridized carbons (Fsp3) is 0.300. The second-order valence-electron chi connectivity index (χ2n) is 6.19. The Morgan fingerprint density at radius 2 is 2.00 bits per heavy atom. The van der Waals surface area contributed by atoms with Crippen molar-refractivity contribution in [1.29, 1.82) is 0 Å². The van der Waals surface area contributed by atoms with E-state index in [1.165, 1.54) is 4.90 Å². The summed E-state index contributed by atoms with van der Waals surface area (Å²) in [4.78, 5) is 26.6. The van der Waals surface area contributed by atoms with Gasteiger partial charge in [-0.05, 0) is 55.0 Å². The minimum absolute atomic E-state index is 0.0433. The molecule has 1 heterocycles. The van der Waals surface area contributed by atoms with E-state index in [9.17, 15) is 9.59 Å². The number of likely N-dealkylation sites (N-methyl/N-ethyl adjacent to an activating group) is 1. The Morgan fingerprint density at radius 1 is 1.26 bits per heavy atom. The van der Waals surface area contributed by atoms with Gasteiger partial charge in [-0.2, -0.15) is 0 Å². The lowest BCUT2D eigenvalue weighted by molar-refractivity contribution is -0.140. The minimum Gasteiger partial charge on any atom is -0.497 e. The average molecular weight is 389 g/mol. The van der Waals surface area contributed by atoms with Crippen molar-refractivity contribution in [3.8, 4) is 11.5 Å². The first-order valence-electron chi connectivity index (χ1n) is 8.68. The van der Waals surface area contributed by atoms with Crippen LogP contribution >= 0.6 is 11.6 Å². The summed E-state index contributed by atoms with van der Waals surface area (Å²) in [5.74, 6) is 0.886. The summed E-state index contributed by atoms with van der Waals surface area (Å²) in [5, 5.41) is 3.39. The number of ether oxygens (including phenoxy) is 2. The number of hydrogen-bond acceptors (Lipinski definition) is 4. The first-order valence-corrected chi connectivity index (χ1v) is 9.05.